The summed E-state index contributed by atoms with van der Waals surface area (Å²) in [5, 5.41) is 12.0. The zero-order chi connectivity index (χ0) is 16.7. The Morgan fingerprint density at radius 2 is 1.78 bits per heavy atom. The molecule has 0 atom stereocenters. The molecule has 23 heavy (non-hydrogen) atoms. The van der Waals surface area contributed by atoms with Crippen molar-refractivity contribution in [2.45, 2.75) is 26.5 Å². The van der Waals surface area contributed by atoms with Crippen LogP contribution in [0.15, 0.2) is 24.3 Å². The predicted molar refractivity (Wildman–Crippen MR) is 87.5 cm³/mol. The molecular weight excluding hydrogens is 294 g/mol. The van der Waals surface area contributed by atoms with Crippen molar-refractivity contribution in [2.75, 3.05) is 32.7 Å². The SMILES string of the molecule is CC(=O)NCCC(=O)N1CCN(Cc2ccccc2CO)CC1. The number of benzene rings is 1. The smallest absolute Gasteiger partial charge is 0.224 e. The lowest BCUT2D eigenvalue weighted by Crippen LogP contribution is -2.48. The first-order valence-corrected chi connectivity index (χ1v) is 8.02. The fourth-order valence-corrected chi connectivity index (χ4v) is 2.77. The third kappa shape index (κ3) is 5.33. The van der Waals surface area contributed by atoms with Crippen molar-refractivity contribution in [1.82, 2.24) is 15.1 Å². The molecule has 2 amide bonds. The minimum atomic E-state index is -0.106. The fraction of sp³-hybridized carbons (Fsp3) is 0.529. The van der Waals surface area contributed by atoms with Crippen LogP contribution in [0, 0.1) is 0 Å². The molecular formula is C17H25N3O3. The van der Waals surface area contributed by atoms with Crippen LogP contribution < -0.4 is 5.32 Å². The van der Waals surface area contributed by atoms with E-state index in [0.29, 0.717) is 26.1 Å². The van der Waals surface area contributed by atoms with Gasteiger partial charge in [0.15, 0.2) is 0 Å². The van der Waals surface area contributed by atoms with Gasteiger partial charge < -0.3 is 15.3 Å². The van der Waals surface area contributed by atoms with E-state index in [1.165, 1.54) is 6.92 Å². The number of carbonyl (C=O) groups excluding carboxylic acids is 2. The van der Waals surface area contributed by atoms with E-state index in [4.69, 9.17) is 0 Å². The summed E-state index contributed by atoms with van der Waals surface area (Å²) in [4.78, 5) is 27.0. The minimum Gasteiger partial charge on any atom is -0.392 e. The molecule has 2 rings (SSSR count). The van der Waals surface area contributed by atoms with Crippen LogP contribution in [0.5, 0.6) is 0 Å². The number of aliphatic hydroxyl groups excluding tert-OH is 1. The highest BCUT2D eigenvalue weighted by Gasteiger charge is 2.21. The topological polar surface area (TPSA) is 72.9 Å². The van der Waals surface area contributed by atoms with Gasteiger partial charge in [-0.1, -0.05) is 24.3 Å². The molecule has 6 heteroatoms. The maximum Gasteiger partial charge on any atom is 0.224 e. The second kappa shape index (κ2) is 8.64. The van der Waals surface area contributed by atoms with Gasteiger partial charge in [0.25, 0.3) is 0 Å². The number of nitrogens with zero attached hydrogens (tertiary/aromatic N) is 2. The number of hydrogen-bond acceptors (Lipinski definition) is 4. The first-order valence-electron chi connectivity index (χ1n) is 8.02. The number of amides is 2. The Labute approximate surface area is 137 Å². The monoisotopic (exact) mass is 319 g/mol. The number of hydrogen-bond donors (Lipinski definition) is 2. The van der Waals surface area contributed by atoms with E-state index in [1.807, 2.05) is 29.2 Å². The lowest BCUT2D eigenvalue weighted by Gasteiger charge is -2.35. The Balaban J connectivity index is 1.77. The van der Waals surface area contributed by atoms with E-state index < -0.39 is 0 Å². The Kier molecular flexibility index (Phi) is 6.55. The summed E-state index contributed by atoms with van der Waals surface area (Å²) in [5.41, 5.74) is 2.10. The van der Waals surface area contributed by atoms with Crippen LogP contribution in [0.25, 0.3) is 0 Å². The summed E-state index contributed by atoms with van der Waals surface area (Å²) in [6, 6.07) is 7.89. The van der Waals surface area contributed by atoms with Gasteiger partial charge in [0.2, 0.25) is 11.8 Å². The molecule has 126 valence electrons. The van der Waals surface area contributed by atoms with E-state index >= 15 is 0 Å². The van der Waals surface area contributed by atoms with Crippen LogP contribution in [0.2, 0.25) is 0 Å². The van der Waals surface area contributed by atoms with Gasteiger partial charge in [-0.05, 0) is 11.1 Å². The van der Waals surface area contributed by atoms with E-state index in [0.717, 1.165) is 30.8 Å². The van der Waals surface area contributed by atoms with Crippen molar-refractivity contribution in [1.29, 1.82) is 0 Å². The summed E-state index contributed by atoms with van der Waals surface area (Å²) in [6.45, 7) is 5.77. The Hall–Kier alpha value is -1.92. The van der Waals surface area contributed by atoms with E-state index in [9.17, 15) is 14.7 Å². The van der Waals surface area contributed by atoms with Gasteiger partial charge in [0, 0.05) is 52.6 Å². The normalized spacial score (nSPS) is 15.5. The highest BCUT2D eigenvalue weighted by Crippen LogP contribution is 2.13. The molecule has 0 unspecified atom stereocenters. The van der Waals surface area contributed by atoms with Gasteiger partial charge in [-0.15, -0.1) is 0 Å². The van der Waals surface area contributed by atoms with Crippen LogP contribution in [-0.2, 0) is 22.7 Å². The molecule has 1 aliphatic heterocycles. The largest absolute Gasteiger partial charge is 0.392 e. The summed E-state index contributed by atoms with van der Waals surface area (Å²) >= 11 is 0. The minimum absolute atomic E-state index is 0.0533. The highest BCUT2D eigenvalue weighted by molar-refractivity contribution is 5.78. The van der Waals surface area contributed by atoms with Crippen molar-refractivity contribution in [3.05, 3.63) is 35.4 Å². The van der Waals surface area contributed by atoms with E-state index in [-0.39, 0.29) is 18.4 Å². The second-order valence-corrected chi connectivity index (χ2v) is 5.82. The first-order chi connectivity index (χ1) is 11.1. The lowest BCUT2D eigenvalue weighted by molar-refractivity contribution is -0.133. The number of piperazine rings is 1. The first kappa shape index (κ1) is 17.4. The van der Waals surface area contributed by atoms with Crippen molar-refractivity contribution in [2.24, 2.45) is 0 Å². The van der Waals surface area contributed by atoms with Gasteiger partial charge in [0.05, 0.1) is 6.61 Å². The molecule has 2 N–H and O–H groups in total. The Bertz CT molecular complexity index is 540. The van der Waals surface area contributed by atoms with Crippen molar-refractivity contribution in [3.63, 3.8) is 0 Å². The molecule has 0 saturated carbocycles. The average molecular weight is 319 g/mol. The van der Waals surface area contributed by atoms with Crippen molar-refractivity contribution in [3.8, 4) is 0 Å². The number of rotatable bonds is 6. The maximum atomic E-state index is 12.1. The number of nitrogens with one attached hydrogen (secondary N) is 1. The van der Waals surface area contributed by atoms with Crippen LogP contribution >= 0.6 is 0 Å². The molecule has 1 aromatic carbocycles. The van der Waals surface area contributed by atoms with Crippen LogP contribution in [0.1, 0.15) is 24.5 Å². The summed E-state index contributed by atoms with van der Waals surface area (Å²) in [6.07, 6.45) is 0.354. The molecule has 0 radical (unpaired) electrons. The van der Waals surface area contributed by atoms with Crippen LogP contribution in [-0.4, -0.2) is 59.4 Å². The van der Waals surface area contributed by atoms with Crippen LogP contribution in [0.3, 0.4) is 0 Å². The predicted octanol–water partition coefficient (Wildman–Crippen LogP) is 0.349. The molecule has 1 heterocycles. The fourth-order valence-electron chi connectivity index (χ4n) is 2.77. The summed E-state index contributed by atoms with van der Waals surface area (Å²) in [5.74, 6) is -0.0145. The molecule has 1 aliphatic rings. The molecule has 1 saturated heterocycles. The van der Waals surface area contributed by atoms with E-state index in [2.05, 4.69) is 10.2 Å². The summed E-state index contributed by atoms with van der Waals surface area (Å²) < 4.78 is 0. The molecule has 0 aliphatic carbocycles. The second-order valence-electron chi connectivity index (χ2n) is 5.82. The highest BCUT2D eigenvalue weighted by atomic mass is 16.3. The molecule has 1 aromatic rings. The lowest BCUT2D eigenvalue weighted by atomic mass is 10.1. The molecule has 0 spiro atoms. The quantitative estimate of drug-likeness (QED) is 0.793. The van der Waals surface area contributed by atoms with E-state index in [1.54, 1.807) is 0 Å². The average Bonchev–Trinajstić information content (AvgIpc) is 2.55. The van der Waals surface area contributed by atoms with Gasteiger partial charge >= 0.3 is 0 Å². The summed E-state index contributed by atoms with van der Waals surface area (Å²) in [7, 11) is 0. The zero-order valence-electron chi connectivity index (χ0n) is 13.6. The number of aliphatic hydroxyl groups is 1. The van der Waals surface area contributed by atoms with Crippen molar-refractivity contribution < 1.29 is 14.7 Å². The molecule has 6 nitrogen and oxygen atoms in total. The standard InChI is InChI=1S/C17H25N3O3/c1-14(22)18-7-6-17(23)20-10-8-19(9-11-20)12-15-4-2-3-5-16(15)13-21/h2-5,21H,6-13H2,1H3,(H,18,22). The number of carbonyl (C=O) groups is 2. The zero-order valence-corrected chi connectivity index (χ0v) is 13.6. The Morgan fingerprint density at radius 3 is 2.39 bits per heavy atom. The van der Waals surface area contributed by atoms with Gasteiger partial charge in [0.1, 0.15) is 0 Å². The van der Waals surface area contributed by atoms with Gasteiger partial charge in [-0.25, -0.2) is 0 Å². The third-order valence-electron chi connectivity index (χ3n) is 4.12. The molecule has 1 fully saturated rings. The molecule has 0 bridgehead atoms. The maximum absolute atomic E-state index is 12.1. The Morgan fingerprint density at radius 1 is 1.13 bits per heavy atom. The molecule has 0 aromatic heterocycles. The third-order valence-corrected chi connectivity index (χ3v) is 4.12. The van der Waals surface area contributed by atoms with Gasteiger partial charge in [-0.2, -0.15) is 0 Å². The van der Waals surface area contributed by atoms with Gasteiger partial charge in [-0.3, -0.25) is 14.5 Å². The van der Waals surface area contributed by atoms with Crippen LogP contribution in [0.4, 0.5) is 0 Å². The van der Waals surface area contributed by atoms with Crippen molar-refractivity contribution >= 4 is 11.8 Å².